The zero-order valence-corrected chi connectivity index (χ0v) is 13.7. The number of rotatable bonds is 2. The molecule has 0 unspecified atom stereocenters. The predicted octanol–water partition coefficient (Wildman–Crippen LogP) is 3.80. The van der Waals surface area contributed by atoms with Gasteiger partial charge in [-0.15, -0.1) is 0 Å². The van der Waals surface area contributed by atoms with Crippen molar-refractivity contribution >= 4 is 28.0 Å². The first kappa shape index (κ1) is 21.7. The molecule has 5 nitrogen and oxygen atoms in total. The molecule has 0 aliphatic heterocycles. The topological polar surface area (TPSA) is 145 Å². The zero-order valence-electron chi connectivity index (χ0n) is 11.1. The van der Waals surface area contributed by atoms with Crippen LogP contribution in [0.25, 0.3) is 0 Å². The minimum absolute atomic E-state index is 0. The lowest BCUT2D eigenvalue weighted by Gasteiger charge is -2.16. The molecular weight excluding hydrogens is 313 g/mol. The fraction of sp³-hybridized carbons (Fsp3) is 0. The van der Waals surface area contributed by atoms with Gasteiger partial charge in [-0.1, -0.05) is 58.7 Å². The molecule has 0 atom stereocenters. The van der Waals surface area contributed by atoms with Crippen LogP contribution in [0.3, 0.4) is 0 Å². The fourth-order valence-corrected chi connectivity index (χ4v) is 7.31. The monoisotopic (exact) mass is 335 g/mol. The van der Waals surface area contributed by atoms with Crippen LogP contribution in [0.1, 0.15) is 0 Å². The van der Waals surface area contributed by atoms with E-state index in [0.717, 1.165) is 9.79 Å². The highest BCUT2D eigenvalue weighted by atomic mass is 32.9. The van der Waals surface area contributed by atoms with Crippen molar-refractivity contribution in [2.45, 2.75) is 9.79 Å². The van der Waals surface area contributed by atoms with E-state index in [1.807, 2.05) is 60.7 Å². The molecule has 11 N–H and O–H groups in total. The molecule has 0 spiro atoms. The van der Waals surface area contributed by atoms with Gasteiger partial charge in [-0.2, -0.15) is 0 Å². The van der Waals surface area contributed by atoms with Gasteiger partial charge in [-0.25, -0.2) is 0 Å². The molecule has 2 rings (SSSR count). The second-order valence-corrected chi connectivity index (χ2v) is 11.1. The Balaban J connectivity index is 0. The maximum absolute atomic E-state index is 9.93. The van der Waals surface area contributed by atoms with Crippen LogP contribution in [0.4, 0.5) is 0 Å². The average molecular weight is 335 g/mol. The SMILES string of the molecule is N.N.N.OP(O)(S)=S(c1ccccc1)c1ccccc1. The largest absolute Gasteiger partial charge is 0.344 e. The Morgan fingerprint density at radius 3 is 1.25 bits per heavy atom. The normalized spacial score (nSPS) is 10.0. The quantitative estimate of drug-likeness (QED) is 0.365. The molecule has 20 heavy (non-hydrogen) atoms. The van der Waals surface area contributed by atoms with Crippen molar-refractivity contribution in [2.24, 2.45) is 0 Å². The van der Waals surface area contributed by atoms with Crippen molar-refractivity contribution in [1.82, 2.24) is 18.5 Å². The van der Waals surface area contributed by atoms with Gasteiger partial charge in [0, 0.05) is 9.79 Å². The molecular formula is C12H22N3O2PS2. The van der Waals surface area contributed by atoms with E-state index in [9.17, 15) is 9.79 Å². The highest BCUT2D eigenvalue weighted by Gasteiger charge is 2.14. The van der Waals surface area contributed by atoms with Crippen molar-refractivity contribution in [3.05, 3.63) is 60.7 Å². The van der Waals surface area contributed by atoms with E-state index in [2.05, 4.69) is 12.2 Å². The minimum Gasteiger partial charge on any atom is -0.344 e. The summed E-state index contributed by atoms with van der Waals surface area (Å²) in [5.41, 5.74) is -3.25. The molecule has 0 fully saturated rings. The maximum Gasteiger partial charge on any atom is 0.207 e. The Morgan fingerprint density at radius 1 is 0.700 bits per heavy atom. The predicted molar refractivity (Wildman–Crippen MR) is 92.2 cm³/mol. The Kier molecular flexibility index (Phi) is 10.1. The molecule has 0 saturated heterocycles. The van der Waals surface area contributed by atoms with Gasteiger partial charge < -0.3 is 28.2 Å². The van der Waals surface area contributed by atoms with Gasteiger partial charge in [-0.3, -0.25) is 0 Å². The lowest BCUT2D eigenvalue weighted by molar-refractivity contribution is 0.502. The molecule has 0 saturated carbocycles. The summed E-state index contributed by atoms with van der Waals surface area (Å²) < 4.78 is 0. The van der Waals surface area contributed by atoms with Gasteiger partial charge in [0.1, 0.15) is 0 Å². The van der Waals surface area contributed by atoms with Crippen molar-refractivity contribution in [2.75, 3.05) is 0 Å². The summed E-state index contributed by atoms with van der Waals surface area (Å²) in [6, 6.07) is 19.0. The van der Waals surface area contributed by atoms with Crippen molar-refractivity contribution in [3.63, 3.8) is 0 Å². The Morgan fingerprint density at radius 2 is 1.00 bits per heavy atom. The molecule has 0 aromatic heterocycles. The van der Waals surface area contributed by atoms with E-state index < -0.39 is 15.8 Å². The van der Waals surface area contributed by atoms with E-state index in [0.29, 0.717) is 0 Å². The van der Waals surface area contributed by atoms with E-state index in [1.165, 1.54) is 0 Å². The lowest BCUT2D eigenvalue weighted by Crippen LogP contribution is -1.94. The number of hydrogen-bond donors (Lipinski definition) is 6. The first-order valence-electron chi connectivity index (χ1n) is 5.01. The van der Waals surface area contributed by atoms with E-state index >= 15 is 0 Å². The first-order valence-corrected chi connectivity index (χ1v) is 9.69. The molecule has 0 heterocycles. The fourth-order valence-electron chi connectivity index (χ4n) is 1.52. The lowest BCUT2D eigenvalue weighted by atomic mass is 10.4. The molecule has 2 aromatic rings. The van der Waals surface area contributed by atoms with Gasteiger partial charge in [0.25, 0.3) is 0 Å². The third-order valence-electron chi connectivity index (χ3n) is 2.18. The number of thiol groups is 1. The molecule has 0 aliphatic rings. The summed E-state index contributed by atoms with van der Waals surface area (Å²) in [5, 5.41) is 0. The Labute approximate surface area is 127 Å². The highest BCUT2D eigenvalue weighted by molar-refractivity contribution is 8.65. The van der Waals surface area contributed by atoms with Gasteiger partial charge in [0.2, 0.25) is 5.69 Å². The van der Waals surface area contributed by atoms with Crippen molar-refractivity contribution in [3.8, 4) is 0 Å². The standard InChI is InChI=1S/C12H13O2PS2.3H3N/c13-15(14,16)17(11-7-3-1-4-8-11)12-9-5-2-6-10-12;;;/h1-10,13-14,16H;3*1H3. The molecule has 0 radical (unpaired) electrons. The van der Waals surface area contributed by atoms with Gasteiger partial charge in [-0.05, 0) is 24.3 Å². The van der Waals surface area contributed by atoms with E-state index in [4.69, 9.17) is 0 Å². The van der Waals surface area contributed by atoms with Crippen LogP contribution in [-0.4, -0.2) is 9.79 Å². The molecule has 2 aromatic carbocycles. The minimum atomic E-state index is -3.25. The molecule has 0 aliphatic carbocycles. The van der Waals surface area contributed by atoms with Crippen LogP contribution < -0.4 is 18.5 Å². The van der Waals surface area contributed by atoms with E-state index in [1.54, 1.807) is 0 Å². The molecule has 114 valence electrons. The van der Waals surface area contributed by atoms with Crippen LogP contribution in [0, 0.1) is 0 Å². The Hall–Kier alpha value is -0.630. The van der Waals surface area contributed by atoms with Crippen LogP contribution >= 0.6 is 17.9 Å². The van der Waals surface area contributed by atoms with Crippen LogP contribution in [-0.2, 0) is 10.1 Å². The summed E-state index contributed by atoms with van der Waals surface area (Å²) in [6.07, 6.45) is 0. The van der Waals surface area contributed by atoms with Gasteiger partial charge >= 0.3 is 0 Å². The Bertz CT molecular complexity index is 512. The molecule has 0 amide bonds. The average Bonchev–Trinajstić information content (AvgIpc) is 2.30. The van der Waals surface area contributed by atoms with Gasteiger partial charge in [0.15, 0.2) is 0 Å². The zero-order chi connectivity index (χ0) is 12.3. The van der Waals surface area contributed by atoms with Crippen LogP contribution in [0.15, 0.2) is 70.5 Å². The first-order chi connectivity index (χ1) is 8.09. The maximum atomic E-state index is 9.93. The molecule has 8 heteroatoms. The highest BCUT2D eigenvalue weighted by Crippen LogP contribution is 2.51. The second-order valence-electron chi connectivity index (χ2n) is 3.42. The summed E-state index contributed by atoms with van der Waals surface area (Å²) in [6.45, 7) is 0. The summed E-state index contributed by atoms with van der Waals surface area (Å²) in [7, 11) is -0.782. The smallest absolute Gasteiger partial charge is 0.207 e. The van der Waals surface area contributed by atoms with Crippen molar-refractivity contribution < 1.29 is 9.79 Å². The summed E-state index contributed by atoms with van der Waals surface area (Å²) in [5.74, 6) is 0. The van der Waals surface area contributed by atoms with Gasteiger partial charge in [0.05, 0.1) is 0 Å². The summed E-state index contributed by atoms with van der Waals surface area (Å²) >= 11 is 4.01. The van der Waals surface area contributed by atoms with E-state index in [-0.39, 0.29) is 18.5 Å². The second kappa shape index (κ2) is 9.33. The third-order valence-corrected chi connectivity index (χ3v) is 8.31. The number of hydrogen-bond acceptors (Lipinski definition) is 3. The summed E-state index contributed by atoms with van der Waals surface area (Å²) in [4.78, 5) is 21.6. The van der Waals surface area contributed by atoms with Crippen LogP contribution in [0.2, 0.25) is 0 Å². The molecule has 0 bridgehead atoms. The third kappa shape index (κ3) is 5.40. The van der Waals surface area contributed by atoms with Crippen LogP contribution in [0.5, 0.6) is 0 Å². The number of benzene rings is 2. The van der Waals surface area contributed by atoms with Crippen molar-refractivity contribution in [1.29, 1.82) is 0 Å².